The van der Waals surface area contributed by atoms with Crippen LogP contribution in [0.15, 0.2) is 53.0 Å². The molecular weight excluding hydrogens is 368 g/mol. The summed E-state index contributed by atoms with van der Waals surface area (Å²) in [5.74, 6) is 0.882. The average molecular weight is 381 g/mol. The van der Waals surface area contributed by atoms with Crippen LogP contribution in [0.5, 0.6) is 0 Å². The molecule has 0 aliphatic carbocycles. The number of benzene rings is 2. The maximum Gasteiger partial charge on any atom is 0.269 e. The topological polar surface area (TPSA) is 72.2 Å². The first-order chi connectivity index (χ1) is 10.5. The summed E-state index contributed by atoms with van der Waals surface area (Å²) >= 11 is 4.79. The van der Waals surface area contributed by atoms with E-state index in [1.165, 1.54) is 23.9 Å². The number of carbonyl (C=O) groups is 1. The zero-order valence-electron chi connectivity index (χ0n) is 11.5. The maximum atomic E-state index is 11.8. The Hall–Kier alpha value is -1.86. The van der Waals surface area contributed by atoms with Gasteiger partial charge in [0.25, 0.3) is 5.69 Å². The number of amides is 1. The van der Waals surface area contributed by atoms with Crippen LogP contribution in [-0.4, -0.2) is 16.6 Å². The molecule has 1 amide bonds. The minimum absolute atomic E-state index is 0.0710. The Morgan fingerprint density at radius 1 is 1.14 bits per heavy atom. The molecule has 0 heterocycles. The molecule has 7 heteroatoms. The van der Waals surface area contributed by atoms with Gasteiger partial charge in [0.2, 0.25) is 5.91 Å². The fourth-order valence-electron chi connectivity index (χ4n) is 1.71. The molecule has 0 aliphatic rings. The van der Waals surface area contributed by atoms with E-state index < -0.39 is 4.92 Å². The summed E-state index contributed by atoms with van der Waals surface area (Å²) in [5.41, 5.74) is 1.78. The smallest absolute Gasteiger partial charge is 0.269 e. The van der Waals surface area contributed by atoms with Crippen LogP contribution in [0, 0.1) is 10.1 Å². The highest BCUT2D eigenvalue weighted by atomic mass is 79.9. The molecule has 0 bridgehead atoms. The van der Waals surface area contributed by atoms with Crippen molar-refractivity contribution >= 4 is 45.0 Å². The van der Waals surface area contributed by atoms with Crippen LogP contribution in [0.3, 0.4) is 0 Å². The van der Waals surface area contributed by atoms with Gasteiger partial charge >= 0.3 is 0 Å². The Labute approximate surface area is 140 Å². The van der Waals surface area contributed by atoms with Gasteiger partial charge in [0.15, 0.2) is 0 Å². The molecule has 2 aromatic rings. The normalized spacial score (nSPS) is 10.2. The lowest BCUT2D eigenvalue weighted by Crippen LogP contribution is -2.14. The lowest BCUT2D eigenvalue weighted by molar-refractivity contribution is -0.384. The van der Waals surface area contributed by atoms with Gasteiger partial charge in [0.1, 0.15) is 0 Å². The number of nitrogens with one attached hydrogen (secondary N) is 1. The zero-order chi connectivity index (χ0) is 15.9. The third-order valence-corrected chi connectivity index (χ3v) is 4.31. The fraction of sp³-hybridized carbons (Fsp3) is 0.133. The number of thioether (sulfide) groups is 1. The second-order valence-corrected chi connectivity index (χ2v) is 6.37. The molecule has 0 radical (unpaired) electrons. The van der Waals surface area contributed by atoms with E-state index in [0.29, 0.717) is 11.5 Å². The van der Waals surface area contributed by atoms with Gasteiger partial charge in [-0.1, -0.05) is 28.1 Å². The first-order valence-corrected chi connectivity index (χ1v) is 8.36. The molecule has 0 saturated carbocycles. The molecule has 2 aromatic carbocycles. The van der Waals surface area contributed by atoms with Crippen molar-refractivity contribution in [2.24, 2.45) is 0 Å². The minimum Gasteiger partial charge on any atom is -0.325 e. The van der Waals surface area contributed by atoms with Gasteiger partial charge in [-0.2, -0.15) is 0 Å². The average Bonchev–Trinajstić information content (AvgIpc) is 2.50. The fourth-order valence-corrected chi connectivity index (χ4v) is 2.76. The van der Waals surface area contributed by atoms with Crippen molar-refractivity contribution in [2.45, 2.75) is 5.75 Å². The molecular formula is C15H13BrN2O3S. The van der Waals surface area contributed by atoms with Crippen molar-refractivity contribution in [1.82, 2.24) is 0 Å². The quantitative estimate of drug-likeness (QED) is 0.601. The molecule has 22 heavy (non-hydrogen) atoms. The highest BCUT2D eigenvalue weighted by Crippen LogP contribution is 2.18. The van der Waals surface area contributed by atoms with E-state index in [1.54, 1.807) is 12.1 Å². The summed E-state index contributed by atoms with van der Waals surface area (Å²) in [6.07, 6.45) is 0. The van der Waals surface area contributed by atoms with Gasteiger partial charge in [0, 0.05) is 28.0 Å². The van der Waals surface area contributed by atoms with Crippen LogP contribution in [0.2, 0.25) is 0 Å². The highest BCUT2D eigenvalue weighted by Gasteiger charge is 2.06. The Morgan fingerprint density at radius 2 is 1.77 bits per heavy atom. The SMILES string of the molecule is O=C(CSCc1ccc([N+](=O)[O-])cc1)Nc1ccc(Br)cc1. The summed E-state index contributed by atoms with van der Waals surface area (Å²) in [6.45, 7) is 0. The van der Waals surface area contributed by atoms with E-state index in [-0.39, 0.29) is 11.6 Å². The standard InChI is InChI=1S/C15H13BrN2O3S/c16-12-3-5-13(6-4-12)17-15(19)10-22-9-11-1-7-14(8-2-11)18(20)21/h1-8H,9-10H2,(H,17,19). The predicted octanol–water partition coefficient (Wildman–Crippen LogP) is 4.23. The highest BCUT2D eigenvalue weighted by molar-refractivity contribution is 9.10. The van der Waals surface area contributed by atoms with E-state index in [0.717, 1.165) is 15.7 Å². The van der Waals surface area contributed by atoms with Crippen LogP contribution in [0.1, 0.15) is 5.56 Å². The molecule has 1 N–H and O–H groups in total. The third-order valence-electron chi connectivity index (χ3n) is 2.78. The second-order valence-electron chi connectivity index (χ2n) is 4.47. The molecule has 0 spiro atoms. The Bertz CT molecular complexity index is 659. The van der Waals surface area contributed by atoms with Gasteiger partial charge in [0.05, 0.1) is 10.7 Å². The number of halogens is 1. The van der Waals surface area contributed by atoms with Crippen LogP contribution in [0.4, 0.5) is 11.4 Å². The van der Waals surface area contributed by atoms with Crippen molar-refractivity contribution in [2.75, 3.05) is 11.1 Å². The molecule has 5 nitrogen and oxygen atoms in total. The maximum absolute atomic E-state index is 11.8. The zero-order valence-corrected chi connectivity index (χ0v) is 13.9. The number of hydrogen-bond acceptors (Lipinski definition) is 4. The number of non-ortho nitro benzene ring substituents is 1. The number of nitrogens with zero attached hydrogens (tertiary/aromatic N) is 1. The monoisotopic (exact) mass is 380 g/mol. The van der Waals surface area contributed by atoms with Crippen LogP contribution in [0.25, 0.3) is 0 Å². The van der Waals surface area contributed by atoms with Gasteiger partial charge < -0.3 is 5.32 Å². The lowest BCUT2D eigenvalue weighted by atomic mass is 10.2. The number of rotatable bonds is 6. The Balaban J connectivity index is 1.77. The lowest BCUT2D eigenvalue weighted by Gasteiger charge is -2.05. The van der Waals surface area contributed by atoms with Gasteiger partial charge in [-0.3, -0.25) is 14.9 Å². The predicted molar refractivity (Wildman–Crippen MR) is 92.0 cm³/mol. The van der Waals surface area contributed by atoms with Crippen molar-refractivity contribution in [3.8, 4) is 0 Å². The van der Waals surface area contributed by atoms with E-state index in [2.05, 4.69) is 21.2 Å². The molecule has 2 rings (SSSR count). The third kappa shape index (κ3) is 5.16. The first kappa shape index (κ1) is 16.5. The number of hydrogen-bond donors (Lipinski definition) is 1. The first-order valence-electron chi connectivity index (χ1n) is 6.41. The summed E-state index contributed by atoms with van der Waals surface area (Å²) in [6, 6.07) is 13.7. The molecule has 0 atom stereocenters. The van der Waals surface area contributed by atoms with Gasteiger partial charge in [-0.25, -0.2) is 0 Å². The molecule has 0 fully saturated rings. The molecule has 0 saturated heterocycles. The van der Waals surface area contributed by atoms with E-state index in [4.69, 9.17) is 0 Å². The van der Waals surface area contributed by atoms with E-state index in [1.807, 2.05) is 24.3 Å². The number of nitro benzene ring substituents is 1. The summed E-state index contributed by atoms with van der Waals surface area (Å²) in [7, 11) is 0. The van der Waals surface area contributed by atoms with Crippen LogP contribution < -0.4 is 5.32 Å². The van der Waals surface area contributed by atoms with Crippen molar-refractivity contribution in [3.05, 3.63) is 68.7 Å². The van der Waals surface area contributed by atoms with Crippen LogP contribution in [-0.2, 0) is 10.5 Å². The second kappa shape index (κ2) is 7.95. The summed E-state index contributed by atoms with van der Waals surface area (Å²) < 4.78 is 0.957. The van der Waals surface area contributed by atoms with Gasteiger partial charge in [-0.05, 0) is 29.8 Å². The minimum atomic E-state index is -0.428. The van der Waals surface area contributed by atoms with Crippen molar-refractivity contribution in [3.63, 3.8) is 0 Å². The van der Waals surface area contributed by atoms with E-state index in [9.17, 15) is 14.9 Å². The molecule has 0 aromatic heterocycles. The summed E-state index contributed by atoms with van der Waals surface area (Å²) in [4.78, 5) is 21.9. The Kier molecular flexibility index (Phi) is 5.97. The Morgan fingerprint density at radius 3 is 2.36 bits per heavy atom. The van der Waals surface area contributed by atoms with E-state index >= 15 is 0 Å². The van der Waals surface area contributed by atoms with Crippen molar-refractivity contribution < 1.29 is 9.72 Å². The molecule has 114 valence electrons. The van der Waals surface area contributed by atoms with Gasteiger partial charge in [-0.15, -0.1) is 11.8 Å². The summed E-state index contributed by atoms with van der Waals surface area (Å²) in [5, 5.41) is 13.4. The number of carbonyl (C=O) groups excluding carboxylic acids is 1. The molecule has 0 aliphatic heterocycles. The molecule has 0 unspecified atom stereocenters. The largest absolute Gasteiger partial charge is 0.325 e. The number of nitro groups is 1. The number of anilines is 1. The van der Waals surface area contributed by atoms with Crippen LogP contribution >= 0.6 is 27.7 Å². The van der Waals surface area contributed by atoms with Crippen molar-refractivity contribution in [1.29, 1.82) is 0 Å².